The van der Waals surface area contributed by atoms with Gasteiger partial charge in [0.05, 0.1) is 13.7 Å². The first-order valence-electron chi connectivity index (χ1n) is 5.56. The molecule has 0 aliphatic rings. The van der Waals surface area contributed by atoms with Crippen LogP contribution < -0.4 is 5.32 Å². The van der Waals surface area contributed by atoms with Crippen LogP contribution in [0.25, 0.3) is 0 Å². The van der Waals surface area contributed by atoms with Crippen LogP contribution >= 0.6 is 0 Å². The Balaban J connectivity index is 2.49. The number of esters is 1. The topological polar surface area (TPSA) is 38.3 Å². The lowest BCUT2D eigenvalue weighted by Crippen LogP contribution is -2.38. The van der Waals surface area contributed by atoms with Gasteiger partial charge in [-0.1, -0.05) is 36.3 Å². The summed E-state index contributed by atoms with van der Waals surface area (Å²) in [5.74, 6) is 2.19. The molecule has 0 radical (unpaired) electrons. The molecule has 1 aromatic carbocycles. The number of hydrogen-bond donors (Lipinski definition) is 1. The SMILES string of the molecule is C#CCNC(CCc1ccccc1)C(=O)OC. The van der Waals surface area contributed by atoms with E-state index in [1.165, 1.54) is 12.7 Å². The lowest BCUT2D eigenvalue weighted by molar-refractivity contribution is -0.143. The van der Waals surface area contributed by atoms with Crippen LogP contribution in [0.5, 0.6) is 0 Å². The number of hydrogen-bond acceptors (Lipinski definition) is 3. The Morgan fingerprint density at radius 3 is 2.76 bits per heavy atom. The Bertz CT molecular complexity index is 381. The molecule has 0 fully saturated rings. The van der Waals surface area contributed by atoms with Crippen LogP contribution in [-0.2, 0) is 16.0 Å². The molecule has 1 aromatic rings. The molecule has 0 saturated heterocycles. The van der Waals surface area contributed by atoms with Crippen LogP contribution in [0.1, 0.15) is 12.0 Å². The highest BCUT2D eigenvalue weighted by Crippen LogP contribution is 2.05. The molecule has 1 rings (SSSR count). The number of carbonyl (C=O) groups excluding carboxylic acids is 1. The molecule has 90 valence electrons. The number of rotatable bonds is 6. The monoisotopic (exact) mass is 231 g/mol. The molecule has 0 heterocycles. The summed E-state index contributed by atoms with van der Waals surface area (Å²) < 4.78 is 4.73. The van der Waals surface area contributed by atoms with Crippen molar-refractivity contribution in [2.24, 2.45) is 0 Å². The first-order chi connectivity index (χ1) is 8.27. The van der Waals surface area contributed by atoms with Gasteiger partial charge in [-0.05, 0) is 18.4 Å². The zero-order valence-corrected chi connectivity index (χ0v) is 9.98. The van der Waals surface area contributed by atoms with Crippen LogP contribution in [0.2, 0.25) is 0 Å². The van der Waals surface area contributed by atoms with Gasteiger partial charge in [0.1, 0.15) is 6.04 Å². The van der Waals surface area contributed by atoms with Crippen molar-refractivity contribution in [3.63, 3.8) is 0 Å². The Morgan fingerprint density at radius 1 is 1.47 bits per heavy atom. The summed E-state index contributed by atoms with van der Waals surface area (Å²) >= 11 is 0. The van der Waals surface area contributed by atoms with Crippen molar-refractivity contribution in [3.8, 4) is 12.3 Å². The number of aryl methyl sites for hydroxylation is 1. The van der Waals surface area contributed by atoms with Crippen LogP contribution in [-0.4, -0.2) is 25.7 Å². The predicted octanol–water partition coefficient (Wildman–Crippen LogP) is 1.38. The summed E-state index contributed by atoms with van der Waals surface area (Å²) in [6.07, 6.45) is 6.66. The number of benzene rings is 1. The van der Waals surface area contributed by atoms with Crippen molar-refractivity contribution >= 4 is 5.97 Å². The fourth-order valence-corrected chi connectivity index (χ4v) is 1.58. The molecule has 1 atom stereocenters. The third-order valence-electron chi connectivity index (χ3n) is 2.50. The van der Waals surface area contributed by atoms with Gasteiger partial charge in [0.25, 0.3) is 0 Å². The summed E-state index contributed by atoms with van der Waals surface area (Å²) in [7, 11) is 1.38. The molecule has 1 N–H and O–H groups in total. The molecule has 3 nitrogen and oxygen atoms in total. The minimum absolute atomic E-state index is 0.267. The summed E-state index contributed by atoms with van der Waals surface area (Å²) in [5.41, 5.74) is 1.20. The first-order valence-corrected chi connectivity index (χ1v) is 5.56. The van der Waals surface area contributed by atoms with Gasteiger partial charge in [0.2, 0.25) is 0 Å². The summed E-state index contributed by atoms with van der Waals surface area (Å²) in [6.45, 7) is 0.370. The van der Waals surface area contributed by atoms with E-state index in [0.29, 0.717) is 13.0 Å². The van der Waals surface area contributed by atoms with Crippen molar-refractivity contribution in [3.05, 3.63) is 35.9 Å². The van der Waals surface area contributed by atoms with Crippen LogP contribution in [0.3, 0.4) is 0 Å². The molecule has 17 heavy (non-hydrogen) atoms. The molecule has 0 aliphatic carbocycles. The van der Waals surface area contributed by atoms with Crippen molar-refractivity contribution in [1.82, 2.24) is 5.32 Å². The maximum absolute atomic E-state index is 11.5. The molecular formula is C14H17NO2. The first kappa shape index (κ1) is 13.3. The Labute approximate surface area is 102 Å². The van der Waals surface area contributed by atoms with Crippen molar-refractivity contribution < 1.29 is 9.53 Å². The molecule has 0 spiro atoms. The lowest BCUT2D eigenvalue weighted by Gasteiger charge is -2.14. The van der Waals surface area contributed by atoms with Crippen LogP contribution in [0, 0.1) is 12.3 Å². The fraction of sp³-hybridized carbons (Fsp3) is 0.357. The van der Waals surface area contributed by atoms with Crippen LogP contribution in [0.4, 0.5) is 0 Å². The highest BCUT2D eigenvalue weighted by Gasteiger charge is 2.17. The van der Waals surface area contributed by atoms with Gasteiger partial charge in [-0.3, -0.25) is 10.1 Å². The normalized spacial score (nSPS) is 11.5. The van der Waals surface area contributed by atoms with E-state index < -0.39 is 0 Å². The highest BCUT2D eigenvalue weighted by atomic mass is 16.5. The van der Waals surface area contributed by atoms with Crippen molar-refractivity contribution in [1.29, 1.82) is 0 Å². The van der Waals surface area contributed by atoms with Crippen molar-refractivity contribution in [2.45, 2.75) is 18.9 Å². The standard InChI is InChI=1S/C14H17NO2/c1-3-11-15-13(14(16)17-2)10-9-12-7-5-4-6-8-12/h1,4-8,13,15H,9-11H2,2H3. The van der Waals surface area contributed by atoms with Crippen LogP contribution in [0.15, 0.2) is 30.3 Å². The fourth-order valence-electron chi connectivity index (χ4n) is 1.58. The molecule has 0 bridgehead atoms. The van der Waals surface area contributed by atoms with Gasteiger partial charge in [-0.25, -0.2) is 0 Å². The Kier molecular flexibility index (Phi) is 5.84. The number of carbonyl (C=O) groups is 1. The van der Waals surface area contributed by atoms with E-state index in [1.807, 2.05) is 30.3 Å². The van der Waals surface area contributed by atoms with E-state index in [4.69, 9.17) is 11.2 Å². The second kappa shape index (κ2) is 7.48. The van der Waals surface area contributed by atoms with E-state index in [1.54, 1.807) is 0 Å². The number of methoxy groups -OCH3 is 1. The van der Waals surface area contributed by atoms with Gasteiger partial charge >= 0.3 is 5.97 Å². The average Bonchev–Trinajstić information content (AvgIpc) is 2.39. The molecule has 0 amide bonds. The van der Waals surface area contributed by atoms with Gasteiger partial charge in [-0.2, -0.15) is 0 Å². The number of ether oxygens (including phenoxy) is 1. The highest BCUT2D eigenvalue weighted by molar-refractivity contribution is 5.75. The third-order valence-corrected chi connectivity index (χ3v) is 2.50. The minimum Gasteiger partial charge on any atom is -0.468 e. The second-order valence-electron chi connectivity index (χ2n) is 3.69. The molecule has 0 saturated carbocycles. The van der Waals surface area contributed by atoms with E-state index in [2.05, 4.69) is 11.2 Å². The number of terminal acetylenes is 1. The summed E-state index contributed by atoms with van der Waals surface area (Å²) in [6, 6.07) is 9.67. The Hall–Kier alpha value is -1.79. The third kappa shape index (κ3) is 4.71. The smallest absolute Gasteiger partial charge is 0.322 e. The van der Waals surface area contributed by atoms with Gasteiger partial charge < -0.3 is 4.74 Å². The van der Waals surface area contributed by atoms with Gasteiger partial charge in [0.15, 0.2) is 0 Å². The summed E-state index contributed by atoms with van der Waals surface area (Å²) in [4.78, 5) is 11.5. The molecule has 0 aromatic heterocycles. The average molecular weight is 231 g/mol. The maximum atomic E-state index is 11.5. The molecule has 1 unspecified atom stereocenters. The Morgan fingerprint density at radius 2 is 2.18 bits per heavy atom. The minimum atomic E-state index is -0.337. The van der Waals surface area contributed by atoms with E-state index in [9.17, 15) is 4.79 Å². The molecule has 3 heteroatoms. The van der Waals surface area contributed by atoms with Gasteiger partial charge in [0, 0.05) is 0 Å². The quantitative estimate of drug-likeness (QED) is 0.594. The van der Waals surface area contributed by atoms with E-state index in [0.717, 1.165) is 6.42 Å². The van der Waals surface area contributed by atoms with Crippen molar-refractivity contribution in [2.75, 3.05) is 13.7 Å². The second-order valence-corrected chi connectivity index (χ2v) is 3.69. The summed E-state index contributed by atoms with van der Waals surface area (Å²) in [5, 5.41) is 2.98. The zero-order valence-electron chi connectivity index (χ0n) is 9.98. The predicted molar refractivity (Wildman–Crippen MR) is 67.4 cm³/mol. The van der Waals surface area contributed by atoms with Gasteiger partial charge in [-0.15, -0.1) is 6.42 Å². The van der Waals surface area contributed by atoms with E-state index in [-0.39, 0.29) is 12.0 Å². The van der Waals surface area contributed by atoms with E-state index >= 15 is 0 Å². The maximum Gasteiger partial charge on any atom is 0.322 e. The zero-order chi connectivity index (χ0) is 12.5. The number of nitrogens with one attached hydrogen (secondary N) is 1. The molecule has 0 aliphatic heterocycles. The lowest BCUT2D eigenvalue weighted by atomic mass is 10.1. The molecular weight excluding hydrogens is 214 g/mol. The largest absolute Gasteiger partial charge is 0.468 e.